The molecule has 0 heterocycles. The van der Waals surface area contributed by atoms with Crippen molar-refractivity contribution in [1.29, 1.82) is 0 Å². The lowest BCUT2D eigenvalue weighted by Gasteiger charge is -2.34. The number of halogens is 1. The van der Waals surface area contributed by atoms with Crippen LogP contribution in [-0.4, -0.2) is 18.5 Å². The second-order valence-corrected chi connectivity index (χ2v) is 6.73. The van der Waals surface area contributed by atoms with Crippen molar-refractivity contribution >= 4 is 27.5 Å². The molecule has 1 fully saturated rings. The van der Waals surface area contributed by atoms with Gasteiger partial charge in [-0.3, -0.25) is 4.79 Å². The lowest BCUT2D eigenvalue weighted by Crippen LogP contribution is -2.43. The molecule has 0 aliphatic heterocycles. The molecular weight excluding hydrogens is 316 g/mol. The predicted octanol–water partition coefficient (Wildman–Crippen LogP) is 3.80. The number of carbonyl (C=O) groups is 1. The number of hydrogen-bond acceptors (Lipinski definition) is 2. The number of anilines is 1. The van der Waals surface area contributed by atoms with E-state index in [1.165, 1.54) is 19.3 Å². The highest BCUT2D eigenvalue weighted by atomic mass is 79.9. The van der Waals surface area contributed by atoms with Crippen LogP contribution in [0.25, 0.3) is 0 Å². The minimum Gasteiger partial charge on any atom is -0.325 e. The third kappa shape index (κ3) is 4.32. The van der Waals surface area contributed by atoms with E-state index in [4.69, 9.17) is 0 Å². The highest BCUT2D eigenvalue weighted by molar-refractivity contribution is 9.10. The Labute approximate surface area is 129 Å². The lowest BCUT2D eigenvalue weighted by atomic mass is 9.78. The van der Waals surface area contributed by atoms with Gasteiger partial charge in [-0.25, -0.2) is 0 Å². The molecule has 3 atom stereocenters. The molecule has 3 unspecified atom stereocenters. The zero-order valence-electron chi connectivity index (χ0n) is 12.2. The van der Waals surface area contributed by atoms with E-state index in [0.717, 1.165) is 16.1 Å². The maximum absolute atomic E-state index is 12.0. The van der Waals surface area contributed by atoms with Gasteiger partial charge in [-0.05, 0) is 36.5 Å². The average molecular weight is 339 g/mol. The molecular formula is C16H23BrN2O. The molecule has 0 radical (unpaired) electrons. The molecule has 2 N–H and O–H groups in total. The van der Waals surface area contributed by atoms with Crippen LogP contribution in [0.5, 0.6) is 0 Å². The summed E-state index contributed by atoms with van der Waals surface area (Å²) in [5.41, 5.74) is 0.830. The SMILES string of the molecule is CC1CCCC(NCC(=O)Nc2cccc(Br)c2)C1C. The standard InChI is InChI=1S/C16H23BrN2O/c1-11-5-3-8-15(12(11)2)18-10-16(20)19-14-7-4-6-13(17)9-14/h4,6-7,9,11-12,15,18H,3,5,8,10H2,1-2H3,(H,19,20). The molecule has 4 heteroatoms. The first-order chi connectivity index (χ1) is 9.56. The maximum Gasteiger partial charge on any atom is 0.238 e. The number of nitrogens with one attached hydrogen (secondary N) is 2. The molecule has 0 bridgehead atoms. The van der Waals surface area contributed by atoms with E-state index < -0.39 is 0 Å². The number of amides is 1. The molecule has 2 rings (SSSR count). The van der Waals surface area contributed by atoms with Crippen LogP contribution < -0.4 is 10.6 Å². The van der Waals surface area contributed by atoms with Crippen LogP contribution in [0.15, 0.2) is 28.7 Å². The van der Waals surface area contributed by atoms with E-state index >= 15 is 0 Å². The van der Waals surface area contributed by atoms with Crippen LogP contribution in [0.1, 0.15) is 33.1 Å². The third-order valence-electron chi connectivity index (χ3n) is 4.34. The zero-order valence-corrected chi connectivity index (χ0v) is 13.7. The van der Waals surface area contributed by atoms with E-state index in [-0.39, 0.29) is 5.91 Å². The number of carbonyl (C=O) groups excluding carboxylic acids is 1. The first-order valence-corrected chi connectivity index (χ1v) is 8.14. The second kappa shape index (κ2) is 7.23. The number of rotatable bonds is 4. The summed E-state index contributed by atoms with van der Waals surface area (Å²) in [5.74, 6) is 1.41. The van der Waals surface area contributed by atoms with Crippen LogP contribution >= 0.6 is 15.9 Å². The topological polar surface area (TPSA) is 41.1 Å². The Morgan fingerprint density at radius 3 is 2.90 bits per heavy atom. The molecule has 1 aromatic carbocycles. The fourth-order valence-corrected chi connectivity index (χ4v) is 3.26. The quantitative estimate of drug-likeness (QED) is 0.876. The van der Waals surface area contributed by atoms with Crippen LogP contribution in [0, 0.1) is 11.8 Å². The minimum atomic E-state index is 0.0218. The van der Waals surface area contributed by atoms with Gasteiger partial charge in [0.25, 0.3) is 0 Å². The summed E-state index contributed by atoms with van der Waals surface area (Å²) in [7, 11) is 0. The van der Waals surface area contributed by atoms with Crippen LogP contribution in [0.3, 0.4) is 0 Å². The van der Waals surface area contributed by atoms with Gasteiger partial charge in [0.05, 0.1) is 6.54 Å². The molecule has 0 aromatic heterocycles. The number of benzene rings is 1. The zero-order chi connectivity index (χ0) is 14.5. The van der Waals surface area contributed by atoms with E-state index in [1.807, 2.05) is 24.3 Å². The van der Waals surface area contributed by atoms with Gasteiger partial charge in [0, 0.05) is 16.2 Å². The summed E-state index contributed by atoms with van der Waals surface area (Å²) >= 11 is 3.40. The van der Waals surface area contributed by atoms with Gasteiger partial charge in [-0.15, -0.1) is 0 Å². The molecule has 0 spiro atoms. The largest absolute Gasteiger partial charge is 0.325 e. The summed E-state index contributed by atoms with van der Waals surface area (Å²) in [6, 6.07) is 8.13. The van der Waals surface area contributed by atoms with Gasteiger partial charge in [-0.2, -0.15) is 0 Å². The maximum atomic E-state index is 12.0. The van der Waals surface area contributed by atoms with Crippen molar-refractivity contribution < 1.29 is 4.79 Å². The van der Waals surface area contributed by atoms with Crippen LogP contribution in [-0.2, 0) is 4.79 Å². The van der Waals surface area contributed by atoms with Crippen molar-refractivity contribution in [3.8, 4) is 0 Å². The fourth-order valence-electron chi connectivity index (χ4n) is 2.87. The second-order valence-electron chi connectivity index (χ2n) is 5.81. The van der Waals surface area contributed by atoms with E-state index in [2.05, 4.69) is 40.4 Å². The Bertz CT molecular complexity index is 464. The molecule has 1 amide bonds. The fraction of sp³-hybridized carbons (Fsp3) is 0.562. The molecule has 1 aliphatic rings. The van der Waals surface area contributed by atoms with Gasteiger partial charge >= 0.3 is 0 Å². The van der Waals surface area contributed by atoms with Crippen LogP contribution in [0.2, 0.25) is 0 Å². The highest BCUT2D eigenvalue weighted by Gasteiger charge is 2.26. The van der Waals surface area contributed by atoms with Gasteiger partial charge < -0.3 is 10.6 Å². The van der Waals surface area contributed by atoms with Crippen molar-refractivity contribution in [2.24, 2.45) is 11.8 Å². The minimum absolute atomic E-state index is 0.0218. The first-order valence-electron chi connectivity index (χ1n) is 7.35. The Balaban J connectivity index is 1.80. The molecule has 1 aromatic rings. The smallest absolute Gasteiger partial charge is 0.238 e. The third-order valence-corrected chi connectivity index (χ3v) is 4.83. The summed E-state index contributed by atoms with van der Waals surface area (Å²) < 4.78 is 0.970. The molecule has 3 nitrogen and oxygen atoms in total. The van der Waals surface area contributed by atoms with Crippen molar-refractivity contribution in [1.82, 2.24) is 5.32 Å². The van der Waals surface area contributed by atoms with Gasteiger partial charge in [-0.1, -0.05) is 48.7 Å². The van der Waals surface area contributed by atoms with Crippen molar-refractivity contribution in [3.05, 3.63) is 28.7 Å². The van der Waals surface area contributed by atoms with Crippen molar-refractivity contribution in [2.45, 2.75) is 39.2 Å². The Morgan fingerprint density at radius 2 is 2.15 bits per heavy atom. The summed E-state index contributed by atoms with van der Waals surface area (Å²) in [4.78, 5) is 12.0. The highest BCUT2D eigenvalue weighted by Crippen LogP contribution is 2.29. The Morgan fingerprint density at radius 1 is 1.35 bits per heavy atom. The normalized spacial score (nSPS) is 26.2. The van der Waals surface area contributed by atoms with Gasteiger partial charge in [0.15, 0.2) is 0 Å². The summed E-state index contributed by atoms with van der Waals surface area (Å²) in [5, 5.41) is 6.33. The molecule has 1 aliphatic carbocycles. The predicted molar refractivity (Wildman–Crippen MR) is 86.7 cm³/mol. The lowest BCUT2D eigenvalue weighted by molar-refractivity contribution is -0.115. The number of hydrogen-bond donors (Lipinski definition) is 2. The molecule has 1 saturated carbocycles. The first kappa shape index (κ1) is 15.5. The van der Waals surface area contributed by atoms with Gasteiger partial charge in [0.2, 0.25) is 5.91 Å². The van der Waals surface area contributed by atoms with Crippen molar-refractivity contribution in [3.63, 3.8) is 0 Å². The average Bonchev–Trinajstić information content (AvgIpc) is 2.40. The van der Waals surface area contributed by atoms with E-state index in [1.54, 1.807) is 0 Å². The van der Waals surface area contributed by atoms with E-state index in [9.17, 15) is 4.79 Å². The van der Waals surface area contributed by atoms with E-state index in [0.29, 0.717) is 18.5 Å². The Hall–Kier alpha value is -0.870. The summed E-state index contributed by atoms with van der Waals surface area (Å²) in [6.07, 6.45) is 3.75. The van der Waals surface area contributed by atoms with Crippen LogP contribution in [0.4, 0.5) is 5.69 Å². The molecule has 0 saturated heterocycles. The molecule has 20 heavy (non-hydrogen) atoms. The Kier molecular flexibility index (Phi) is 5.61. The summed E-state index contributed by atoms with van der Waals surface area (Å²) in [6.45, 7) is 4.97. The van der Waals surface area contributed by atoms with Gasteiger partial charge in [0.1, 0.15) is 0 Å². The molecule has 110 valence electrons. The van der Waals surface area contributed by atoms with Crippen molar-refractivity contribution in [2.75, 3.05) is 11.9 Å². The monoisotopic (exact) mass is 338 g/mol.